The molecule has 3 heterocycles. The number of ether oxygens (including phenoxy) is 1. The van der Waals surface area contributed by atoms with E-state index in [4.69, 9.17) is 10.1 Å². The molecule has 4 N–H and O–H groups in total. The minimum atomic E-state index is -2.83. The van der Waals surface area contributed by atoms with Crippen LogP contribution in [0, 0.1) is 5.41 Å². The maximum absolute atomic E-state index is 12.3. The van der Waals surface area contributed by atoms with Crippen LogP contribution in [0.25, 0.3) is 17.5 Å². The number of aromatic nitrogens is 4. The molecule has 1 atom stereocenters. The van der Waals surface area contributed by atoms with Crippen LogP contribution in [-0.4, -0.2) is 71.2 Å². The van der Waals surface area contributed by atoms with Gasteiger partial charge in [-0.05, 0) is 19.2 Å². The normalized spacial score (nSPS) is 16.8. The summed E-state index contributed by atoms with van der Waals surface area (Å²) in [6.07, 6.45) is 2.66. The Bertz CT molecular complexity index is 825. The van der Waals surface area contributed by atoms with E-state index >= 15 is 0 Å². The zero-order valence-electron chi connectivity index (χ0n) is 15.2. The molecule has 1 unspecified atom stereocenters. The molecule has 1 aliphatic rings. The Morgan fingerprint density at radius 2 is 2.21 bits per heavy atom. The Kier molecular flexibility index (Phi) is 7.84. The second-order valence-corrected chi connectivity index (χ2v) is 5.52. The molecule has 2 aromatic heterocycles. The molecular weight excluding hydrogens is 372 g/mol. The highest BCUT2D eigenvalue weighted by Gasteiger charge is 2.21. The Hall–Kier alpha value is -3.05. The van der Waals surface area contributed by atoms with Gasteiger partial charge in [0.1, 0.15) is 24.1 Å². The summed E-state index contributed by atoms with van der Waals surface area (Å²) >= 11 is 0. The fourth-order valence-corrected chi connectivity index (χ4v) is 2.43. The van der Waals surface area contributed by atoms with Crippen molar-refractivity contribution in [1.82, 2.24) is 19.9 Å². The zero-order chi connectivity index (χ0) is 20.5. The molecule has 3 rings (SSSR count). The van der Waals surface area contributed by atoms with Crippen LogP contribution in [0.1, 0.15) is 5.82 Å². The van der Waals surface area contributed by atoms with Crippen molar-refractivity contribution in [3.05, 3.63) is 30.5 Å². The fraction of sp³-hybridized carbons (Fsp3) is 0.353. The first-order chi connectivity index (χ1) is 13.6. The lowest BCUT2D eigenvalue weighted by atomic mass is 10.2. The van der Waals surface area contributed by atoms with Crippen molar-refractivity contribution in [1.29, 1.82) is 5.41 Å². The summed E-state index contributed by atoms with van der Waals surface area (Å²) in [7, 11) is 1.50. The van der Waals surface area contributed by atoms with Crippen LogP contribution in [0.2, 0.25) is 0 Å². The molecule has 1 saturated heterocycles. The van der Waals surface area contributed by atoms with Crippen molar-refractivity contribution in [2.24, 2.45) is 5.73 Å². The highest BCUT2D eigenvalue weighted by Crippen LogP contribution is 2.21. The lowest BCUT2D eigenvalue weighted by Gasteiger charge is -2.31. The van der Waals surface area contributed by atoms with Gasteiger partial charge >= 0.3 is 0 Å². The van der Waals surface area contributed by atoms with Crippen molar-refractivity contribution in [2.75, 3.05) is 31.6 Å². The van der Waals surface area contributed by atoms with E-state index in [1.165, 1.54) is 25.6 Å². The number of imidazole rings is 1. The smallest absolute Gasteiger partial charge is 0.279 e. The van der Waals surface area contributed by atoms with E-state index in [-0.39, 0.29) is 0 Å². The number of aromatic amines is 1. The number of aldehydes is 1. The number of hydrogen-bond donors (Lipinski definition) is 3. The van der Waals surface area contributed by atoms with E-state index in [0.29, 0.717) is 42.7 Å². The first kappa shape index (κ1) is 21.3. The summed E-state index contributed by atoms with van der Waals surface area (Å²) in [5, 5.41) is 7.10. The second kappa shape index (κ2) is 10.3. The number of rotatable bonds is 6. The Morgan fingerprint density at radius 3 is 2.93 bits per heavy atom. The highest BCUT2D eigenvalue weighted by atomic mass is 19.3. The van der Waals surface area contributed by atoms with Gasteiger partial charge in [0.2, 0.25) is 0 Å². The van der Waals surface area contributed by atoms with Crippen LogP contribution >= 0.6 is 0 Å². The van der Waals surface area contributed by atoms with Crippen LogP contribution in [-0.2, 0) is 9.53 Å². The second-order valence-electron chi connectivity index (χ2n) is 5.52. The fourth-order valence-electron chi connectivity index (χ4n) is 2.43. The van der Waals surface area contributed by atoms with Crippen LogP contribution < -0.4 is 10.6 Å². The van der Waals surface area contributed by atoms with E-state index in [1.54, 1.807) is 6.07 Å². The van der Waals surface area contributed by atoms with Gasteiger partial charge in [0.05, 0.1) is 36.4 Å². The third-order valence-electron chi connectivity index (χ3n) is 3.75. The standard InChI is InChI=1S/C16H16F2N6O2.CH5N/c17-16(18)11(19)1-2-14-20-6-13(23-14)12-5-15(22-9-21-12)24-3-4-26-10(7-24)8-25;1-2/h1-2,5-6,8-10,16,19H,3-4,7H2,(H,20,23);2H2,1H3/b2-1-,19-11?;. The predicted octanol–water partition coefficient (Wildman–Crippen LogP) is 1.14. The summed E-state index contributed by atoms with van der Waals surface area (Å²) in [6.45, 7) is 1.44. The van der Waals surface area contributed by atoms with Crippen LogP contribution in [0.4, 0.5) is 14.6 Å². The molecule has 1 aliphatic heterocycles. The van der Waals surface area contributed by atoms with E-state index in [0.717, 1.165) is 12.4 Å². The van der Waals surface area contributed by atoms with Gasteiger partial charge in [0, 0.05) is 12.6 Å². The number of halogens is 2. The molecule has 0 amide bonds. The van der Waals surface area contributed by atoms with Gasteiger partial charge in [-0.3, -0.25) is 5.41 Å². The molecule has 11 heteroatoms. The molecule has 1 fully saturated rings. The van der Waals surface area contributed by atoms with E-state index < -0.39 is 18.2 Å². The lowest BCUT2D eigenvalue weighted by molar-refractivity contribution is -0.118. The van der Waals surface area contributed by atoms with E-state index in [1.807, 2.05) is 4.90 Å². The third kappa shape index (κ3) is 5.47. The maximum Gasteiger partial charge on any atom is 0.279 e. The quantitative estimate of drug-likeness (QED) is 0.495. The number of allylic oxidation sites excluding steroid dienone is 1. The number of morpholine rings is 1. The van der Waals surface area contributed by atoms with Gasteiger partial charge in [0.15, 0.2) is 6.29 Å². The Morgan fingerprint density at radius 1 is 1.43 bits per heavy atom. The number of carbonyl (C=O) groups excluding carboxylic acids is 1. The van der Waals surface area contributed by atoms with Crippen molar-refractivity contribution in [3.63, 3.8) is 0 Å². The molecule has 2 aromatic rings. The molecule has 9 nitrogen and oxygen atoms in total. The first-order valence-corrected chi connectivity index (χ1v) is 8.38. The minimum absolute atomic E-state index is 0.331. The predicted molar refractivity (Wildman–Crippen MR) is 101 cm³/mol. The van der Waals surface area contributed by atoms with E-state index in [9.17, 15) is 13.6 Å². The number of carbonyl (C=O) groups is 1. The number of H-pyrrole nitrogens is 1. The van der Waals surface area contributed by atoms with Gasteiger partial charge in [-0.1, -0.05) is 0 Å². The SMILES string of the molecule is CN.N=C(/C=C\c1ncc(-c2cc(N3CCOC(C=O)C3)ncn2)[nH]1)C(F)F. The van der Waals surface area contributed by atoms with Gasteiger partial charge < -0.3 is 25.1 Å². The van der Waals surface area contributed by atoms with Crippen LogP contribution in [0.5, 0.6) is 0 Å². The van der Waals surface area contributed by atoms with E-state index in [2.05, 4.69) is 25.7 Å². The summed E-state index contributed by atoms with van der Waals surface area (Å²) in [4.78, 5) is 28.3. The summed E-state index contributed by atoms with van der Waals surface area (Å²) in [5.74, 6) is 0.981. The average molecular weight is 393 g/mol. The molecule has 0 aromatic carbocycles. The molecule has 28 heavy (non-hydrogen) atoms. The Labute approximate surface area is 160 Å². The summed E-state index contributed by atoms with van der Waals surface area (Å²) in [6, 6.07) is 1.75. The average Bonchev–Trinajstić information content (AvgIpc) is 3.22. The molecule has 0 radical (unpaired) electrons. The largest absolute Gasteiger partial charge is 0.367 e. The molecule has 0 aliphatic carbocycles. The van der Waals surface area contributed by atoms with Gasteiger partial charge in [-0.2, -0.15) is 0 Å². The number of hydrogen-bond acceptors (Lipinski definition) is 8. The molecule has 0 spiro atoms. The highest BCUT2D eigenvalue weighted by molar-refractivity contribution is 5.97. The molecule has 0 bridgehead atoms. The number of alkyl halides is 2. The molecule has 0 saturated carbocycles. The minimum Gasteiger partial charge on any atom is -0.367 e. The number of nitrogens with two attached hydrogens (primary N) is 1. The first-order valence-electron chi connectivity index (χ1n) is 8.38. The Balaban J connectivity index is 0.00000136. The zero-order valence-corrected chi connectivity index (χ0v) is 15.2. The summed E-state index contributed by atoms with van der Waals surface area (Å²) < 4.78 is 29.9. The monoisotopic (exact) mass is 393 g/mol. The number of anilines is 1. The number of nitrogens with one attached hydrogen (secondary N) is 2. The lowest BCUT2D eigenvalue weighted by Crippen LogP contribution is -2.43. The van der Waals surface area contributed by atoms with Crippen molar-refractivity contribution < 1.29 is 18.3 Å². The van der Waals surface area contributed by atoms with Crippen LogP contribution in [0.3, 0.4) is 0 Å². The molecule has 150 valence electrons. The van der Waals surface area contributed by atoms with Crippen LogP contribution in [0.15, 0.2) is 24.7 Å². The topological polar surface area (TPSA) is 134 Å². The maximum atomic E-state index is 12.3. The van der Waals surface area contributed by atoms with Gasteiger partial charge in [0.25, 0.3) is 6.43 Å². The van der Waals surface area contributed by atoms with Crippen molar-refractivity contribution >= 4 is 23.9 Å². The third-order valence-corrected chi connectivity index (χ3v) is 3.75. The van der Waals surface area contributed by atoms with Gasteiger partial charge in [-0.15, -0.1) is 0 Å². The summed E-state index contributed by atoms with van der Waals surface area (Å²) in [5.41, 5.74) is 4.86. The van der Waals surface area contributed by atoms with Gasteiger partial charge in [-0.25, -0.2) is 23.7 Å². The molecular formula is C17H21F2N7O2. The van der Waals surface area contributed by atoms with Crippen molar-refractivity contribution in [2.45, 2.75) is 12.5 Å². The van der Waals surface area contributed by atoms with Crippen molar-refractivity contribution in [3.8, 4) is 11.4 Å². The number of nitrogens with zero attached hydrogens (tertiary/aromatic N) is 4.